The van der Waals surface area contributed by atoms with Gasteiger partial charge in [0, 0.05) is 17.8 Å². The summed E-state index contributed by atoms with van der Waals surface area (Å²) in [6.45, 7) is 5.90. The third-order valence-corrected chi connectivity index (χ3v) is 5.30. The molecule has 0 aliphatic carbocycles. The van der Waals surface area contributed by atoms with Crippen molar-refractivity contribution >= 4 is 15.7 Å². The summed E-state index contributed by atoms with van der Waals surface area (Å²) in [5, 5.41) is 1.85. The minimum Gasteiger partial charge on any atom is -0.399 e. The summed E-state index contributed by atoms with van der Waals surface area (Å²) in [6, 6.07) is 5.21. The topological polar surface area (TPSA) is 75.4 Å². The second kappa shape index (κ2) is 5.71. The number of nitrogens with two attached hydrogens (primary N) is 1. The highest BCUT2D eigenvalue weighted by atomic mass is 32.2. The molecule has 1 fully saturated rings. The summed E-state index contributed by atoms with van der Waals surface area (Å²) in [6.07, 6.45) is 3.16. The fourth-order valence-corrected chi connectivity index (χ4v) is 3.93. The van der Waals surface area contributed by atoms with Crippen molar-refractivity contribution in [3.8, 4) is 0 Å². The molecule has 6 heteroatoms. The zero-order valence-electron chi connectivity index (χ0n) is 12.3. The highest BCUT2D eigenvalue weighted by molar-refractivity contribution is 7.89. The number of nitrogen functional groups attached to an aromatic ring is 1. The van der Waals surface area contributed by atoms with Crippen LogP contribution in [0.3, 0.4) is 0 Å². The van der Waals surface area contributed by atoms with Crippen LogP contribution in [0.2, 0.25) is 0 Å². The van der Waals surface area contributed by atoms with Crippen LogP contribution in [0, 0.1) is 6.92 Å². The van der Waals surface area contributed by atoms with Gasteiger partial charge in [-0.15, -0.1) is 4.83 Å². The Kier molecular flexibility index (Phi) is 4.36. The molecule has 112 valence electrons. The van der Waals surface area contributed by atoms with Crippen LogP contribution in [0.25, 0.3) is 0 Å². The molecule has 0 amide bonds. The summed E-state index contributed by atoms with van der Waals surface area (Å²) in [5.41, 5.74) is 7.11. The minimum atomic E-state index is -3.54. The maximum absolute atomic E-state index is 12.5. The van der Waals surface area contributed by atoms with Crippen LogP contribution in [0.15, 0.2) is 23.1 Å². The number of hydrazine groups is 1. The van der Waals surface area contributed by atoms with Crippen molar-refractivity contribution in [3.05, 3.63) is 23.8 Å². The predicted octanol–water partition coefficient (Wildman–Crippen LogP) is 2.03. The highest BCUT2D eigenvalue weighted by Crippen LogP contribution is 2.23. The lowest BCUT2D eigenvalue weighted by Crippen LogP contribution is -2.53. The molecule has 0 bridgehead atoms. The average molecular weight is 297 g/mol. The van der Waals surface area contributed by atoms with E-state index in [1.165, 1.54) is 0 Å². The number of nitrogens with one attached hydrogen (secondary N) is 1. The van der Waals surface area contributed by atoms with E-state index < -0.39 is 10.0 Å². The Bertz CT molecular complexity index is 576. The molecule has 0 aromatic heterocycles. The number of nitrogens with zero attached hydrogens (tertiary/aromatic N) is 1. The Balaban J connectivity index is 2.24. The van der Waals surface area contributed by atoms with Gasteiger partial charge in [-0.25, -0.2) is 13.4 Å². The van der Waals surface area contributed by atoms with Crippen LogP contribution in [0.4, 0.5) is 5.69 Å². The van der Waals surface area contributed by atoms with E-state index in [1.807, 2.05) is 18.9 Å². The molecule has 1 saturated heterocycles. The van der Waals surface area contributed by atoms with Crippen molar-refractivity contribution < 1.29 is 8.42 Å². The monoisotopic (exact) mass is 297 g/mol. The third-order valence-electron chi connectivity index (χ3n) is 3.97. The van der Waals surface area contributed by atoms with Gasteiger partial charge >= 0.3 is 0 Å². The van der Waals surface area contributed by atoms with Gasteiger partial charge in [0.25, 0.3) is 10.0 Å². The summed E-state index contributed by atoms with van der Waals surface area (Å²) in [5.74, 6) is 0. The predicted molar refractivity (Wildman–Crippen MR) is 80.5 cm³/mol. The van der Waals surface area contributed by atoms with Gasteiger partial charge < -0.3 is 5.73 Å². The Morgan fingerprint density at radius 1 is 1.25 bits per heavy atom. The molecule has 2 rings (SSSR count). The van der Waals surface area contributed by atoms with Crippen molar-refractivity contribution in [2.24, 2.45) is 0 Å². The van der Waals surface area contributed by atoms with Gasteiger partial charge in [0.05, 0.1) is 4.90 Å². The van der Waals surface area contributed by atoms with E-state index in [1.54, 1.807) is 25.1 Å². The number of rotatable bonds is 3. The molecule has 20 heavy (non-hydrogen) atoms. The number of piperidine rings is 1. The molecule has 1 heterocycles. The summed E-state index contributed by atoms with van der Waals surface area (Å²) < 4.78 is 24.9. The summed E-state index contributed by atoms with van der Waals surface area (Å²) in [4.78, 5) is 2.98. The van der Waals surface area contributed by atoms with Crippen molar-refractivity contribution in [1.82, 2.24) is 9.84 Å². The van der Waals surface area contributed by atoms with Gasteiger partial charge in [-0.2, -0.15) is 0 Å². The third kappa shape index (κ3) is 3.13. The van der Waals surface area contributed by atoms with Crippen molar-refractivity contribution in [1.29, 1.82) is 0 Å². The first-order valence-corrected chi connectivity index (χ1v) is 8.46. The molecule has 3 N–H and O–H groups in total. The first kappa shape index (κ1) is 15.3. The Morgan fingerprint density at radius 3 is 2.40 bits per heavy atom. The lowest BCUT2D eigenvalue weighted by atomic mass is 10.0. The number of anilines is 1. The van der Waals surface area contributed by atoms with Gasteiger partial charge in [-0.05, 0) is 57.4 Å². The standard InChI is InChI=1S/C14H23N3O2S/c1-10-9-13(7-8-14(10)15)20(18,19)16-17-11(2)5-4-6-12(17)3/h7-9,11-12,16H,4-6,15H2,1-3H3. The number of hydrogen-bond acceptors (Lipinski definition) is 4. The molecule has 5 nitrogen and oxygen atoms in total. The smallest absolute Gasteiger partial charge is 0.253 e. The van der Waals surface area contributed by atoms with Crippen molar-refractivity contribution in [2.45, 2.75) is 57.0 Å². The molecule has 0 radical (unpaired) electrons. The van der Waals surface area contributed by atoms with Gasteiger partial charge in [0.1, 0.15) is 0 Å². The number of hydrogen-bond donors (Lipinski definition) is 2. The average Bonchev–Trinajstić information content (AvgIpc) is 2.37. The number of sulfonamides is 1. The van der Waals surface area contributed by atoms with Gasteiger partial charge in [0.2, 0.25) is 0 Å². The largest absolute Gasteiger partial charge is 0.399 e. The first-order chi connectivity index (χ1) is 9.31. The zero-order valence-corrected chi connectivity index (χ0v) is 13.1. The van der Waals surface area contributed by atoms with Crippen molar-refractivity contribution in [2.75, 3.05) is 5.73 Å². The number of benzene rings is 1. The summed E-state index contributed by atoms with van der Waals surface area (Å²) in [7, 11) is -3.54. The maximum atomic E-state index is 12.5. The van der Waals surface area contributed by atoms with E-state index in [2.05, 4.69) is 4.83 Å². The van der Waals surface area contributed by atoms with Crippen LogP contribution in [0.1, 0.15) is 38.7 Å². The van der Waals surface area contributed by atoms with E-state index in [-0.39, 0.29) is 17.0 Å². The van der Waals surface area contributed by atoms with Crippen LogP contribution < -0.4 is 10.6 Å². The Morgan fingerprint density at radius 2 is 1.85 bits per heavy atom. The van der Waals surface area contributed by atoms with Crippen LogP contribution in [0.5, 0.6) is 0 Å². The van der Waals surface area contributed by atoms with Gasteiger partial charge in [0.15, 0.2) is 0 Å². The fraction of sp³-hybridized carbons (Fsp3) is 0.571. The molecular weight excluding hydrogens is 274 g/mol. The maximum Gasteiger partial charge on any atom is 0.253 e. The normalized spacial score (nSPS) is 24.8. The second-order valence-electron chi connectivity index (χ2n) is 5.65. The van der Waals surface area contributed by atoms with Crippen molar-refractivity contribution in [3.63, 3.8) is 0 Å². The van der Waals surface area contributed by atoms with E-state index in [0.717, 1.165) is 24.8 Å². The molecule has 0 spiro atoms. The Hall–Kier alpha value is -1.11. The van der Waals surface area contributed by atoms with E-state index in [4.69, 9.17) is 5.73 Å². The molecule has 1 aliphatic rings. The van der Waals surface area contributed by atoms with Crippen LogP contribution in [-0.4, -0.2) is 25.5 Å². The van der Waals surface area contributed by atoms with Gasteiger partial charge in [-0.1, -0.05) is 6.42 Å². The Labute approximate surface area is 121 Å². The lowest BCUT2D eigenvalue weighted by molar-refractivity contribution is 0.0790. The van der Waals surface area contributed by atoms with Crippen LogP contribution >= 0.6 is 0 Å². The lowest BCUT2D eigenvalue weighted by Gasteiger charge is -2.38. The quantitative estimate of drug-likeness (QED) is 0.837. The highest BCUT2D eigenvalue weighted by Gasteiger charge is 2.29. The fourth-order valence-electron chi connectivity index (χ4n) is 2.61. The SMILES string of the molecule is Cc1cc(S(=O)(=O)NN2C(C)CCCC2C)ccc1N. The first-order valence-electron chi connectivity index (χ1n) is 6.98. The van der Waals surface area contributed by atoms with Crippen LogP contribution in [-0.2, 0) is 10.0 Å². The molecular formula is C14H23N3O2S. The zero-order chi connectivity index (χ0) is 14.9. The minimum absolute atomic E-state index is 0.211. The van der Waals surface area contributed by atoms with E-state index >= 15 is 0 Å². The second-order valence-corrected chi connectivity index (χ2v) is 7.31. The molecule has 1 aromatic carbocycles. The molecule has 1 aliphatic heterocycles. The molecule has 2 unspecified atom stereocenters. The number of aryl methyl sites for hydroxylation is 1. The molecule has 0 saturated carbocycles. The summed E-state index contributed by atoms with van der Waals surface area (Å²) >= 11 is 0. The van der Waals surface area contributed by atoms with E-state index in [9.17, 15) is 8.42 Å². The molecule has 1 aromatic rings. The van der Waals surface area contributed by atoms with Gasteiger partial charge in [-0.3, -0.25) is 0 Å². The van der Waals surface area contributed by atoms with E-state index in [0.29, 0.717) is 5.69 Å². The molecule has 2 atom stereocenters.